The summed E-state index contributed by atoms with van der Waals surface area (Å²) < 4.78 is 5.11. The summed E-state index contributed by atoms with van der Waals surface area (Å²) in [6, 6.07) is 13.0. The Bertz CT molecular complexity index is 963. The number of carbonyl (C=O) groups is 3. The molecule has 7 heteroatoms. The highest BCUT2D eigenvalue weighted by atomic mass is 16.5. The number of hydrogen-bond acceptors (Lipinski definition) is 5. The molecule has 0 unspecified atom stereocenters. The molecule has 0 aromatic heterocycles. The Kier molecular flexibility index (Phi) is 8.60. The minimum Gasteiger partial charge on any atom is -0.462 e. The molecule has 7 nitrogen and oxygen atoms in total. The van der Waals surface area contributed by atoms with Gasteiger partial charge in [0.15, 0.2) is 0 Å². The SMILES string of the molecule is CCCOC(=O)c1ccc(NC(=O)CCN(CC(=O)Nc2c(C)cccc2C)C2CC2)cc1. The second kappa shape index (κ2) is 11.6. The molecule has 0 radical (unpaired) electrons. The standard InChI is InChI=1S/C26H33N3O4/c1-4-16-33-26(32)20-8-10-21(11-9-20)27-23(30)14-15-29(22-12-13-22)17-24(31)28-25-18(2)6-5-7-19(25)3/h5-11,22H,4,12-17H2,1-3H3,(H,27,30)(H,28,31). The number of carbonyl (C=O) groups excluding carboxylic acids is 3. The molecule has 1 saturated carbocycles. The van der Waals surface area contributed by atoms with Crippen molar-refractivity contribution in [1.29, 1.82) is 0 Å². The van der Waals surface area contributed by atoms with Crippen molar-refractivity contribution in [2.45, 2.75) is 52.5 Å². The number of hydrogen-bond donors (Lipinski definition) is 2. The van der Waals surface area contributed by atoms with Crippen LogP contribution in [0, 0.1) is 13.8 Å². The summed E-state index contributed by atoms with van der Waals surface area (Å²) in [6.07, 6.45) is 3.15. The molecule has 0 aliphatic heterocycles. The fraction of sp³-hybridized carbons (Fsp3) is 0.423. The number of nitrogens with one attached hydrogen (secondary N) is 2. The smallest absolute Gasteiger partial charge is 0.338 e. The largest absolute Gasteiger partial charge is 0.462 e. The van der Waals surface area contributed by atoms with Gasteiger partial charge >= 0.3 is 5.97 Å². The van der Waals surface area contributed by atoms with Crippen molar-refractivity contribution in [3.63, 3.8) is 0 Å². The number of aryl methyl sites for hydroxylation is 2. The van der Waals surface area contributed by atoms with E-state index in [1.165, 1.54) is 0 Å². The van der Waals surface area contributed by atoms with Crippen LogP contribution in [0.1, 0.15) is 54.1 Å². The predicted molar refractivity (Wildman–Crippen MR) is 129 cm³/mol. The molecule has 0 heterocycles. The Balaban J connectivity index is 1.48. The van der Waals surface area contributed by atoms with Gasteiger partial charge in [0.05, 0.1) is 18.7 Å². The first-order valence-corrected chi connectivity index (χ1v) is 11.5. The zero-order valence-corrected chi connectivity index (χ0v) is 19.6. The normalized spacial score (nSPS) is 13.0. The number of ether oxygens (including phenoxy) is 1. The molecule has 1 aliphatic rings. The Hall–Kier alpha value is -3.19. The number of rotatable bonds is 11. The molecule has 2 aromatic rings. The number of esters is 1. The van der Waals surface area contributed by atoms with Crippen LogP contribution >= 0.6 is 0 Å². The summed E-state index contributed by atoms with van der Waals surface area (Å²) in [5.41, 5.74) is 4.00. The molecule has 1 aliphatic carbocycles. The lowest BCUT2D eigenvalue weighted by atomic mass is 10.1. The third-order valence-electron chi connectivity index (χ3n) is 5.62. The van der Waals surface area contributed by atoms with E-state index in [1.54, 1.807) is 24.3 Å². The van der Waals surface area contributed by atoms with Gasteiger partial charge in [-0.25, -0.2) is 4.79 Å². The predicted octanol–water partition coefficient (Wildman–Crippen LogP) is 4.30. The van der Waals surface area contributed by atoms with Crippen molar-refractivity contribution in [2.24, 2.45) is 0 Å². The molecule has 2 amide bonds. The zero-order chi connectivity index (χ0) is 23.8. The van der Waals surface area contributed by atoms with Crippen molar-refractivity contribution < 1.29 is 19.1 Å². The maximum Gasteiger partial charge on any atom is 0.338 e. The number of nitrogens with zero attached hydrogens (tertiary/aromatic N) is 1. The van der Waals surface area contributed by atoms with E-state index in [-0.39, 0.29) is 30.7 Å². The van der Waals surface area contributed by atoms with Crippen LogP contribution in [0.3, 0.4) is 0 Å². The molecular formula is C26H33N3O4. The van der Waals surface area contributed by atoms with Crippen LogP contribution in [0.2, 0.25) is 0 Å². The lowest BCUT2D eigenvalue weighted by Crippen LogP contribution is -2.37. The van der Waals surface area contributed by atoms with E-state index >= 15 is 0 Å². The summed E-state index contributed by atoms with van der Waals surface area (Å²) in [5, 5.41) is 5.88. The first-order valence-electron chi connectivity index (χ1n) is 11.5. The number of amides is 2. The monoisotopic (exact) mass is 451 g/mol. The highest BCUT2D eigenvalue weighted by Gasteiger charge is 2.30. The zero-order valence-electron chi connectivity index (χ0n) is 19.6. The molecule has 2 N–H and O–H groups in total. The Morgan fingerprint density at radius 2 is 1.64 bits per heavy atom. The maximum absolute atomic E-state index is 12.7. The highest BCUT2D eigenvalue weighted by molar-refractivity contribution is 5.94. The quantitative estimate of drug-likeness (QED) is 0.497. The van der Waals surface area contributed by atoms with Crippen molar-refractivity contribution in [3.05, 3.63) is 59.2 Å². The van der Waals surface area contributed by atoms with Crippen LogP contribution in [0.4, 0.5) is 11.4 Å². The molecule has 0 saturated heterocycles. The van der Waals surface area contributed by atoms with Gasteiger partial charge in [0, 0.05) is 30.4 Å². The topological polar surface area (TPSA) is 87.7 Å². The molecule has 33 heavy (non-hydrogen) atoms. The van der Waals surface area contributed by atoms with Gasteiger partial charge in [0.1, 0.15) is 0 Å². The van der Waals surface area contributed by atoms with Gasteiger partial charge in [-0.2, -0.15) is 0 Å². The van der Waals surface area contributed by atoms with Crippen molar-refractivity contribution in [3.8, 4) is 0 Å². The molecule has 0 spiro atoms. The summed E-state index contributed by atoms with van der Waals surface area (Å²) in [4.78, 5) is 39.1. The van der Waals surface area contributed by atoms with Crippen LogP contribution in [0.5, 0.6) is 0 Å². The fourth-order valence-corrected chi connectivity index (χ4v) is 3.64. The van der Waals surface area contributed by atoms with Gasteiger partial charge < -0.3 is 15.4 Å². The van der Waals surface area contributed by atoms with Gasteiger partial charge in [0.25, 0.3) is 0 Å². The van der Waals surface area contributed by atoms with Crippen molar-refractivity contribution in [1.82, 2.24) is 4.90 Å². The molecule has 1 fully saturated rings. The van der Waals surface area contributed by atoms with Crippen LogP contribution in [-0.4, -0.2) is 48.4 Å². The van der Waals surface area contributed by atoms with Gasteiger partial charge in [-0.05, 0) is 68.5 Å². The minimum absolute atomic E-state index is 0.0646. The van der Waals surface area contributed by atoms with E-state index in [9.17, 15) is 14.4 Å². The average Bonchev–Trinajstić information content (AvgIpc) is 3.63. The Morgan fingerprint density at radius 1 is 0.970 bits per heavy atom. The molecule has 2 aromatic carbocycles. The van der Waals surface area contributed by atoms with Crippen LogP contribution in [0.25, 0.3) is 0 Å². The second-order valence-electron chi connectivity index (χ2n) is 8.53. The maximum atomic E-state index is 12.7. The van der Waals surface area contributed by atoms with Gasteiger partial charge in [-0.15, -0.1) is 0 Å². The fourth-order valence-electron chi connectivity index (χ4n) is 3.64. The van der Waals surface area contributed by atoms with Crippen LogP contribution in [-0.2, 0) is 14.3 Å². The molecule has 176 valence electrons. The summed E-state index contributed by atoms with van der Waals surface area (Å²) >= 11 is 0. The Morgan fingerprint density at radius 3 is 2.24 bits per heavy atom. The molecular weight excluding hydrogens is 418 g/mol. The van der Waals surface area contributed by atoms with Gasteiger partial charge in [-0.3, -0.25) is 14.5 Å². The van der Waals surface area contributed by atoms with Crippen molar-refractivity contribution >= 4 is 29.2 Å². The van der Waals surface area contributed by atoms with E-state index in [0.29, 0.717) is 30.4 Å². The highest BCUT2D eigenvalue weighted by Crippen LogP contribution is 2.27. The average molecular weight is 452 g/mol. The summed E-state index contributed by atoms with van der Waals surface area (Å²) in [5.74, 6) is -0.559. The minimum atomic E-state index is -0.367. The van der Waals surface area contributed by atoms with Gasteiger partial charge in [0.2, 0.25) is 11.8 Å². The summed E-state index contributed by atoms with van der Waals surface area (Å²) in [6.45, 7) is 7.06. The molecule has 0 atom stereocenters. The third-order valence-corrected chi connectivity index (χ3v) is 5.62. The summed E-state index contributed by atoms with van der Waals surface area (Å²) in [7, 11) is 0. The lowest BCUT2D eigenvalue weighted by molar-refractivity contribution is -0.119. The first kappa shape index (κ1) is 24.5. The third kappa shape index (κ3) is 7.43. The van der Waals surface area contributed by atoms with E-state index in [1.807, 2.05) is 39.0 Å². The van der Waals surface area contributed by atoms with E-state index < -0.39 is 0 Å². The van der Waals surface area contributed by atoms with Crippen molar-refractivity contribution in [2.75, 3.05) is 30.3 Å². The lowest BCUT2D eigenvalue weighted by Gasteiger charge is -2.22. The van der Waals surface area contributed by atoms with Gasteiger partial charge in [-0.1, -0.05) is 25.1 Å². The van der Waals surface area contributed by atoms with E-state index in [4.69, 9.17) is 4.74 Å². The Labute approximate surface area is 195 Å². The second-order valence-corrected chi connectivity index (χ2v) is 8.53. The van der Waals surface area contributed by atoms with E-state index in [0.717, 1.165) is 36.1 Å². The van der Waals surface area contributed by atoms with Crippen LogP contribution < -0.4 is 10.6 Å². The molecule has 3 rings (SSSR count). The first-order chi connectivity index (χ1) is 15.9. The molecule has 0 bridgehead atoms. The number of anilines is 2. The number of para-hydroxylation sites is 1. The number of benzene rings is 2. The van der Waals surface area contributed by atoms with E-state index in [2.05, 4.69) is 15.5 Å². The van der Waals surface area contributed by atoms with Crippen LogP contribution in [0.15, 0.2) is 42.5 Å².